The van der Waals surface area contributed by atoms with E-state index in [9.17, 15) is 13.6 Å². The van der Waals surface area contributed by atoms with Gasteiger partial charge in [0.2, 0.25) is 0 Å². The summed E-state index contributed by atoms with van der Waals surface area (Å²) in [7, 11) is 0. The number of nitrogens with one attached hydrogen (secondary N) is 1. The Hall–Kier alpha value is -1.17. The summed E-state index contributed by atoms with van der Waals surface area (Å²) in [6, 6.07) is 6.11. The smallest absolute Gasteiger partial charge is 0.256 e. The Morgan fingerprint density at radius 1 is 1.10 bits per heavy atom. The van der Waals surface area contributed by atoms with Crippen molar-refractivity contribution >= 4 is 50.7 Å². The molecule has 0 aromatic heterocycles. The highest BCUT2D eigenvalue weighted by Crippen LogP contribution is 2.28. The van der Waals surface area contributed by atoms with E-state index in [-0.39, 0.29) is 21.3 Å². The number of carbonyl (C=O) groups excluding carboxylic acids is 1. The Bertz CT molecular complexity index is 671. The molecule has 2 nitrogen and oxygen atoms in total. The quantitative estimate of drug-likeness (QED) is 0.705. The lowest BCUT2D eigenvalue weighted by Crippen LogP contribution is -2.12. The average molecular weight is 381 g/mol. The summed E-state index contributed by atoms with van der Waals surface area (Å²) >= 11 is 14.4. The van der Waals surface area contributed by atoms with Gasteiger partial charge >= 0.3 is 0 Å². The SMILES string of the molecule is O=C(Nc1cc(Cl)c(F)c(Cl)c1)c1ccc(F)cc1Br. The second-order valence-electron chi connectivity index (χ2n) is 3.83. The van der Waals surface area contributed by atoms with Crippen LogP contribution >= 0.6 is 39.1 Å². The van der Waals surface area contributed by atoms with Crippen LogP contribution in [0, 0.1) is 11.6 Å². The summed E-state index contributed by atoms with van der Waals surface area (Å²) in [4.78, 5) is 12.0. The molecule has 0 bridgehead atoms. The minimum Gasteiger partial charge on any atom is -0.322 e. The first kappa shape index (κ1) is 15.2. The van der Waals surface area contributed by atoms with Gasteiger partial charge in [0, 0.05) is 10.2 Å². The van der Waals surface area contributed by atoms with Crippen LogP contribution in [0.4, 0.5) is 14.5 Å². The van der Waals surface area contributed by atoms with Crippen LogP contribution in [0.1, 0.15) is 10.4 Å². The van der Waals surface area contributed by atoms with Crippen molar-refractivity contribution in [2.24, 2.45) is 0 Å². The minimum absolute atomic E-state index is 0.203. The molecule has 2 aromatic rings. The standard InChI is InChI=1S/C13H6BrCl2F2NO/c14-9-3-6(17)1-2-8(9)13(20)19-7-4-10(15)12(18)11(16)5-7/h1-5H,(H,19,20). The van der Waals surface area contributed by atoms with Gasteiger partial charge in [-0.25, -0.2) is 8.78 Å². The van der Waals surface area contributed by atoms with E-state index in [0.717, 1.165) is 6.07 Å². The van der Waals surface area contributed by atoms with Crippen molar-refractivity contribution in [3.8, 4) is 0 Å². The molecule has 0 radical (unpaired) electrons. The molecule has 2 rings (SSSR count). The Labute approximate surface area is 131 Å². The van der Waals surface area contributed by atoms with Gasteiger partial charge in [-0.2, -0.15) is 0 Å². The lowest BCUT2D eigenvalue weighted by atomic mass is 10.2. The predicted molar refractivity (Wildman–Crippen MR) is 78.5 cm³/mol. The number of anilines is 1. The van der Waals surface area contributed by atoms with Gasteiger partial charge in [-0.3, -0.25) is 4.79 Å². The van der Waals surface area contributed by atoms with Gasteiger partial charge in [0.05, 0.1) is 15.6 Å². The fourth-order valence-corrected chi connectivity index (χ4v) is 2.52. The largest absolute Gasteiger partial charge is 0.322 e. The number of hydrogen-bond acceptors (Lipinski definition) is 1. The monoisotopic (exact) mass is 379 g/mol. The van der Waals surface area contributed by atoms with Crippen LogP contribution in [0.15, 0.2) is 34.8 Å². The summed E-state index contributed by atoms with van der Waals surface area (Å²) < 4.78 is 26.5. The normalized spacial score (nSPS) is 10.4. The summed E-state index contributed by atoms with van der Waals surface area (Å²) in [6.45, 7) is 0. The van der Waals surface area contributed by atoms with Gasteiger partial charge in [0.1, 0.15) is 5.82 Å². The van der Waals surface area contributed by atoms with Crippen LogP contribution < -0.4 is 5.32 Å². The first-order valence-electron chi connectivity index (χ1n) is 5.29. The van der Waals surface area contributed by atoms with E-state index >= 15 is 0 Å². The van der Waals surface area contributed by atoms with E-state index in [0.29, 0.717) is 4.47 Å². The van der Waals surface area contributed by atoms with Gasteiger partial charge in [0.25, 0.3) is 5.91 Å². The van der Waals surface area contributed by atoms with E-state index in [1.807, 2.05) is 0 Å². The maximum atomic E-state index is 13.3. The van der Waals surface area contributed by atoms with Crippen LogP contribution in [0.5, 0.6) is 0 Å². The average Bonchev–Trinajstić information content (AvgIpc) is 2.35. The van der Waals surface area contributed by atoms with Gasteiger partial charge in [0.15, 0.2) is 5.82 Å². The number of amides is 1. The third-order valence-electron chi connectivity index (χ3n) is 2.42. The molecule has 0 aliphatic heterocycles. The van der Waals surface area contributed by atoms with Crippen LogP contribution in [0.25, 0.3) is 0 Å². The second-order valence-corrected chi connectivity index (χ2v) is 5.50. The highest BCUT2D eigenvalue weighted by molar-refractivity contribution is 9.10. The molecule has 0 spiro atoms. The Balaban J connectivity index is 2.28. The summed E-state index contributed by atoms with van der Waals surface area (Å²) in [5, 5.41) is 2.09. The predicted octanol–water partition coefficient (Wildman–Crippen LogP) is 5.29. The molecule has 0 heterocycles. The molecule has 7 heteroatoms. The van der Waals surface area contributed by atoms with Crippen LogP contribution in [-0.2, 0) is 0 Å². The fourth-order valence-electron chi connectivity index (χ4n) is 1.50. The first-order valence-corrected chi connectivity index (χ1v) is 6.84. The molecular formula is C13H6BrCl2F2NO. The molecule has 0 fully saturated rings. The van der Waals surface area contributed by atoms with E-state index < -0.39 is 17.5 Å². The molecule has 2 aromatic carbocycles. The number of hydrogen-bond donors (Lipinski definition) is 1. The van der Waals surface area contributed by atoms with Crippen molar-refractivity contribution in [2.45, 2.75) is 0 Å². The van der Waals surface area contributed by atoms with Crippen molar-refractivity contribution in [3.05, 3.63) is 62.0 Å². The summed E-state index contributed by atoms with van der Waals surface area (Å²) in [5.74, 6) is -1.73. The summed E-state index contributed by atoms with van der Waals surface area (Å²) in [5.41, 5.74) is 0.464. The fraction of sp³-hybridized carbons (Fsp3) is 0. The Morgan fingerprint density at radius 3 is 2.25 bits per heavy atom. The Morgan fingerprint density at radius 2 is 1.70 bits per heavy atom. The van der Waals surface area contributed by atoms with Crippen molar-refractivity contribution in [1.29, 1.82) is 0 Å². The van der Waals surface area contributed by atoms with E-state index in [2.05, 4.69) is 21.2 Å². The molecule has 0 atom stereocenters. The van der Waals surface area contributed by atoms with Crippen LogP contribution in [0.3, 0.4) is 0 Å². The maximum Gasteiger partial charge on any atom is 0.256 e. The zero-order chi connectivity index (χ0) is 14.9. The van der Waals surface area contributed by atoms with Crippen molar-refractivity contribution in [1.82, 2.24) is 0 Å². The number of benzene rings is 2. The lowest BCUT2D eigenvalue weighted by Gasteiger charge is -2.08. The number of carbonyl (C=O) groups is 1. The van der Waals surface area contributed by atoms with Gasteiger partial charge in [-0.1, -0.05) is 23.2 Å². The number of halogens is 5. The molecule has 0 aliphatic rings. The van der Waals surface area contributed by atoms with Gasteiger partial charge in [-0.15, -0.1) is 0 Å². The third-order valence-corrected chi connectivity index (χ3v) is 3.62. The molecular weight excluding hydrogens is 375 g/mol. The van der Waals surface area contributed by atoms with Crippen molar-refractivity contribution < 1.29 is 13.6 Å². The highest BCUT2D eigenvalue weighted by Gasteiger charge is 2.13. The molecule has 1 amide bonds. The summed E-state index contributed by atoms with van der Waals surface area (Å²) in [6.07, 6.45) is 0. The van der Waals surface area contributed by atoms with Gasteiger partial charge < -0.3 is 5.32 Å². The van der Waals surface area contributed by atoms with Crippen molar-refractivity contribution in [3.63, 3.8) is 0 Å². The molecule has 0 unspecified atom stereocenters. The zero-order valence-corrected chi connectivity index (χ0v) is 12.8. The molecule has 0 saturated carbocycles. The zero-order valence-electron chi connectivity index (χ0n) is 9.68. The van der Waals surface area contributed by atoms with Crippen molar-refractivity contribution in [2.75, 3.05) is 5.32 Å². The second kappa shape index (κ2) is 6.08. The topological polar surface area (TPSA) is 29.1 Å². The molecule has 104 valence electrons. The van der Waals surface area contributed by atoms with Crippen LogP contribution in [0.2, 0.25) is 10.0 Å². The van der Waals surface area contributed by atoms with Gasteiger partial charge in [-0.05, 0) is 46.3 Å². The molecule has 0 aliphatic carbocycles. The number of rotatable bonds is 2. The van der Waals surface area contributed by atoms with Crippen LogP contribution in [-0.4, -0.2) is 5.91 Å². The maximum absolute atomic E-state index is 13.3. The highest BCUT2D eigenvalue weighted by atomic mass is 79.9. The lowest BCUT2D eigenvalue weighted by molar-refractivity contribution is 0.102. The third kappa shape index (κ3) is 3.29. The minimum atomic E-state index is -0.755. The van der Waals surface area contributed by atoms with E-state index in [1.54, 1.807) is 0 Å². The van der Waals surface area contributed by atoms with E-state index in [4.69, 9.17) is 23.2 Å². The molecule has 20 heavy (non-hydrogen) atoms. The molecule has 1 N–H and O–H groups in total. The van der Waals surface area contributed by atoms with E-state index in [1.165, 1.54) is 24.3 Å². The molecule has 0 saturated heterocycles. The Kier molecular flexibility index (Phi) is 4.62. The first-order chi connectivity index (χ1) is 9.38.